The SMILES string of the molecule is CN(C)c1ccc2c(c1)C=N2. The fourth-order valence-corrected chi connectivity index (χ4v) is 1.11. The molecule has 2 heteroatoms. The molecular weight excluding hydrogens is 136 g/mol. The zero-order chi connectivity index (χ0) is 7.84. The van der Waals surface area contributed by atoms with Crippen molar-refractivity contribution < 1.29 is 0 Å². The highest BCUT2D eigenvalue weighted by atomic mass is 15.1. The third-order valence-corrected chi connectivity index (χ3v) is 1.87. The molecule has 0 spiro atoms. The van der Waals surface area contributed by atoms with Crippen LogP contribution in [0.5, 0.6) is 0 Å². The third-order valence-electron chi connectivity index (χ3n) is 1.87. The molecule has 0 atom stereocenters. The van der Waals surface area contributed by atoms with Gasteiger partial charge in [-0.1, -0.05) is 0 Å². The summed E-state index contributed by atoms with van der Waals surface area (Å²) in [6.07, 6.45) is 1.89. The van der Waals surface area contributed by atoms with Crippen LogP contribution in [0.3, 0.4) is 0 Å². The quantitative estimate of drug-likeness (QED) is 0.599. The van der Waals surface area contributed by atoms with E-state index in [0.717, 1.165) is 5.69 Å². The zero-order valence-electron chi connectivity index (χ0n) is 6.70. The lowest BCUT2D eigenvalue weighted by molar-refractivity contribution is 1.13. The molecule has 0 aliphatic carbocycles. The number of rotatable bonds is 1. The molecule has 2 rings (SSSR count). The van der Waals surface area contributed by atoms with Gasteiger partial charge < -0.3 is 4.90 Å². The van der Waals surface area contributed by atoms with Gasteiger partial charge >= 0.3 is 0 Å². The molecular formula is C9H10N2. The molecule has 0 aromatic heterocycles. The highest BCUT2D eigenvalue weighted by molar-refractivity contribution is 5.97. The molecule has 1 aromatic carbocycles. The van der Waals surface area contributed by atoms with Gasteiger partial charge in [0, 0.05) is 31.6 Å². The van der Waals surface area contributed by atoms with Crippen molar-refractivity contribution in [2.75, 3.05) is 19.0 Å². The molecule has 0 amide bonds. The Labute approximate surface area is 66.2 Å². The van der Waals surface area contributed by atoms with Crippen LogP contribution in [0.1, 0.15) is 5.56 Å². The molecule has 1 heterocycles. The van der Waals surface area contributed by atoms with E-state index in [9.17, 15) is 0 Å². The third kappa shape index (κ3) is 0.909. The Morgan fingerprint density at radius 2 is 2.09 bits per heavy atom. The molecule has 1 aromatic rings. The van der Waals surface area contributed by atoms with Crippen molar-refractivity contribution in [3.05, 3.63) is 23.8 Å². The van der Waals surface area contributed by atoms with Crippen LogP contribution in [-0.4, -0.2) is 20.3 Å². The Morgan fingerprint density at radius 1 is 1.27 bits per heavy atom. The molecule has 0 fully saturated rings. The van der Waals surface area contributed by atoms with Gasteiger partial charge in [-0.25, -0.2) is 0 Å². The average molecular weight is 146 g/mol. The summed E-state index contributed by atoms with van der Waals surface area (Å²) in [6.45, 7) is 0. The van der Waals surface area contributed by atoms with Crippen LogP contribution in [0.2, 0.25) is 0 Å². The number of hydrogen-bond donors (Lipinski definition) is 0. The minimum atomic E-state index is 1.11. The molecule has 0 radical (unpaired) electrons. The van der Waals surface area contributed by atoms with E-state index < -0.39 is 0 Å². The minimum absolute atomic E-state index is 1.11. The van der Waals surface area contributed by atoms with Crippen molar-refractivity contribution in [1.29, 1.82) is 0 Å². The smallest absolute Gasteiger partial charge is 0.0719 e. The number of fused-ring (bicyclic) bond motifs is 1. The van der Waals surface area contributed by atoms with Crippen molar-refractivity contribution in [2.45, 2.75) is 0 Å². The lowest BCUT2D eigenvalue weighted by Gasteiger charge is -2.16. The lowest BCUT2D eigenvalue weighted by atomic mass is 10.1. The summed E-state index contributed by atoms with van der Waals surface area (Å²) in [5.41, 5.74) is 3.58. The Balaban J connectivity index is 2.42. The first-order chi connectivity index (χ1) is 5.27. The van der Waals surface area contributed by atoms with E-state index in [4.69, 9.17) is 0 Å². The molecule has 56 valence electrons. The topological polar surface area (TPSA) is 15.6 Å². The Kier molecular flexibility index (Phi) is 1.22. The van der Waals surface area contributed by atoms with Gasteiger partial charge in [-0.3, -0.25) is 4.99 Å². The first-order valence-electron chi connectivity index (χ1n) is 3.63. The standard InChI is InChI=1S/C9H10N2/c1-11(2)8-3-4-9-7(5-8)6-10-9/h3-6H,1-2H3. The van der Waals surface area contributed by atoms with E-state index >= 15 is 0 Å². The number of benzene rings is 1. The van der Waals surface area contributed by atoms with Crippen LogP contribution < -0.4 is 4.90 Å². The second-order valence-electron chi connectivity index (χ2n) is 2.90. The van der Waals surface area contributed by atoms with Gasteiger partial charge in [-0.2, -0.15) is 0 Å². The zero-order valence-corrected chi connectivity index (χ0v) is 6.70. The summed E-state index contributed by atoms with van der Waals surface area (Å²) in [7, 11) is 4.08. The number of aliphatic imine (C=N–C) groups is 1. The van der Waals surface area contributed by atoms with Gasteiger partial charge in [-0.15, -0.1) is 0 Å². The summed E-state index contributed by atoms with van der Waals surface area (Å²) in [4.78, 5) is 6.18. The van der Waals surface area contributed by atoms with E-state index in [2.05, 4.69) is 22.0 Å². The average Bonchev–Trinajstić information content (AvgIpc) is 1.91. The van der Waals surface area contributed by atoms with Crippen LogP contribution in [0, 0.1) is 0 Å². The molecule has 11 heavy (non-hydrogen) atoms. The van der Waals surface area contributed by atoms with Gasteiger partial charge in [0.1, 0.15) is 0 Å². The van der Waals surface area contributed by atoms with E-state index in [-0.39, 0.29) is 0 Å². The highest BCUT2D eigenvalue weighted by Crippen LogP contribution is 2.28. The summed E-state index contributed by atoms with van der Waals surface area (Å²) in [5.74, 6) is 0. The van der Waals surface area contributed by atoms with Gasteiger partial charge in [0.05, 0.1) is 5.69 Å². The van der Waals surface area contributed by atoms with E-state index in [1.807, 2.05) is 26.4 Å². The van der Waals surface area contributed by atoms with Crippen molar-refractivity contribution in [1.82, 2.24) is 0 Å². The molecule has 1 aliphatic rings. The van der Waals surface area contributed by atoms with Crippen molar-refractivity contribution >= 4 is 17.6 Å². The number of hydrogen-bond acceptors (Lipinski definition) is 2. The van der Waals surface area contributed by atoms with Crippen LogP contribution in [0.15, 0.2) is 23.2 Å². The maximum atomic E-state index is 4.09. The Bertz CT molecular complexity index is 313. The number of nitrogens with zero attached hydrogens (tertiary/aromatic N) is 2. The molecule has 0 unspecified atom stereocenters. The van der Waals surface area contributed by atoms with E-state index in [0.29, 0.717) is 0 Å². The van der Waals surface area contributed by atoms with Gasteiger partial charge in [-0.05, 0) is 18.2 Å². The van der Waals surface area contributed by atoms with Gasteiger partial charge in [0.2, 0.25) is 0 Å². The minimum Gasteiger partial charge on any atom is -0.378 e. The summed E-state index contributed by atoms with van der Waals surface area (Å²) in [6, 6.07) is 6.27. The second kappa shape index (κ2) is 2.09. The summed E-state index contributed by atoms with van der Waals surface area (Å²) in [5, 5.41) is 0. The predicted molar refractivity (Wildman–Crippen MR) is 48.0 cm³/mol. The first kappa shape index (κ1) is 6.40. The molecule has 0 bridgehead atoms. The van der Waals surface area contributed by atoms with Crippen molar-refractivity contribution in [2.24, 2.45) is 4.99 Å². The second-order valence-corrected chi connectivity index (χ2v) is 2.90. The van der Waals surface area contributed by atoms with Gasteiger partial charge in [0.15, 0.2) is 0 Å². The largest absolute Gasteiger partial charge is 0.378 e. The molecule has 2 nitrogen and oxygen atoms in total. The fraction of sp³-hybridized carbons (Fsp3) is 0.222. The molecule has 0 saturated heterocycles. The molecule has 0 N–H and O–H groups in total. The normalized spacial score (nSPS) is 12.2. The Morgan fingerprint density at radius 3 is 2.55 bits per heavy atom. The van der Waals surface area contributed by atoms with Crippen LogP contribution >= 0.6 is 0 Å². The molecule has 1 aliphatic heterocycles. The monoisotopic (exact) mass is 146 g/mol. The van der Waals surface area contributed by atoms with Gasteiger partial charge in [0.25, 0.3) is 0 Å². The Hall–Kier alpha value is -1.31. The molecule has 0 saturated carbocycles. The number of anilines is 1. The maximum Gasteiger partial charge on any atom is 0.0719 e. The first-order valence-corrected chi connectivity index (χ1v) is 3.63. The fourth-order valence-electron chi connectivity index (χ4n) is 1.11. The summed E-state index contributed by atoms with van der Waals surface area (Å²) < 4.78 is 0. The van der Waals surface area contributed by atoms with Crippen LogP contribution in [-0.2, 0) is 0 Å². The van der Waals surface area contributed by atoms with E-state index in [1.54, 1.807) is 0 Å². The predicted octanol–water partition coefficient (Wildman–Crippen LogP) is 1.82. The lowest BCUT2D eigenvalue weighted by Crippen LogP contribution is -2.09. The van der Waals surface area contributed by atoms with Crippen LogP contribution in [0.4, 0.5) is 11.4 Å². The highest BCUT2D eigenvalue weighted by Gasteiger charge is 2.07. The van der Waals surface area contributed by atoms with Crippen molar-refractivity contribution in [3.63, 3.8) is 0 Å². The van der Waals surface area contributed by atoms with E-state index in [1.165, 1.54) is 11.3 Å². The van der Waals surface area contributed by atoms with Crippen LogP contribution in [0.25, 0.3) is 0 Å². The van der Waals surface area contributed by atoms with Crippen molar-refractivity contribution in [3.8, 4) is 0 Å². The maximum absolute atomic E-state index is 4.09. The summed E-state index contributed by atoms with van der Waals surface area (Å²) >= 11 is 0.